The maximum Gasteiger partial charge on any atom is 0.323 e. The fourth-order valence-corrected chi connectivity index (χ4v) is 5.09. The van der Waals surface area contributed by atoms with Crippen molar-refractivity contribution in [2.75, 3.05) is 13.1 Å². The van der Waals surface area contributed by atoms with Crippen molar-refractivity contribution in [3.63, 3.8) is 0 Å². The lowest BCUT2D eigenvalue weighted by atomic mass is 9.51. The number of aliphatic carboxylic acids is 1. The van der Waals surface area contributed by atoms with E-state index in [1.165, 1.54) is 37.0 Å². The minimum absolute atomic E-state index is 0.0566. The van der Waals surface area contributed by atoms with Gasteiger partial charge in [0.05, 0.1) is 0 Å². The number of carbonyl (C=O) groups is 2. The topological polar surface area (TPSA) is 57.6 Å². The summed E-state index contributed by atoms with van der Waals surface area (Å²) in [5, 5.41) is 8.98. The number of rotatable bonds is 5. The second-order valence-electron chi connectivity index (χ2n) is 6.86. The molecule has 1 amide bonds. The molecule has 0 saturated heterocycles. The predicted molar refractivity (Wildman–Crippen MR) is 74.9 cm³/mol. The van der Waals surface area contributed by atoms with E-state index in [4.69, 9.17) is 5.11 Å². The maximum atomic E-state index is 12.8. The summed E-state index contributed by atoms with van der Waals surface area (Å²) >= 11 is 0. The molecule has 0 aliphatic heterocycles. The van der Waals surface area contributed by atoms with Crippen LogP contribution in [0.5, 0.6) is 0 Å². The largest absolute Gasteiger partial charge is 0.480 e. The van der Waals surface area contributed by atoms with Crippen LogP contribution in [0.2, 0.25) is 0 Å². The molecule has 4 aliphatic carbocycles. The molecule has 4 rings (SSSR count). The molecule has 0 radical (unpaired) electrons. The van der Waals surface area contributed by atoms with Gasteiger partial charge in [0.1, 0.15) is 6.54 Å². The summed E-state index contributed by atoms with van der Waals surface area (Å²) in [5.74, 6) is 1.84. The average Bonchev–Trinajstić information content (AvgIpc) is 2.36. The Hall–Kier alpha value is -1.32. The number of carbonyl (C=O) groups excluding carboxylic acids is 1. The van der Waals surface area contributed by atoms with E-state index in [2.05, 4.69) is 6.58 Å². The Morgan fingerprint density at radius 2 is 1.65 bits per heavy atom. The van der Waals surface area contributed by atoms with E-state index in [0.717, 1.165) is 11.8 Å². The monoisotopic (exact) mass is 277 g/mol. The SMILES string of the molecule is C=CCN(CC(=O)O)C(=O)C1C2CC3CC(C2)CC1C3. The second-order valence-corrected chi connectivity index (χ2v) is 6.86. The van der Waals surface area contributed by atoms with Gasteiger partial charge in [0.15, 0.2) is 0 Å². The summed E-state index contributed by atoms with van der Waals surface area (Å²) in [6.07, 6.45) is 7.70. The molecule has 4 heteroatoms. The van der Waals surface area contributed by atoms with Crippen molar-refractivity contribution >= 4 is 11.9 Å². The highest BCUT2D eigenvalue weighted by molar-refractivity contribution is 5.84. The summed E-state index contributed by atoms with van der Waals surface area (Å²) in [6.45, 7) is 3.78. The quantitative estimate of drug-likeness (QED) is 0.783. The molecule has 0 unspecified atom stereocenters. The zero-order valence-electron chi connectivity index (χ0n) is 11.8. The van der Waals surface area contributed by atoms with E-state index >= 15 is 0 Å². The lowest BCUT2D eigenvalue weighted by molar-refractivity contribution is -0.154. The molecule has 0 aromatic heterocycles. The third kappa shape index (κ3) is 2.36. The van der Waals surface area contributed by atoms with Gasteiger partial charge in [-0.1, -0.05) is 6.08 Å². The highest BCUT2D eigenvalue weighted by atomic mass is 16.4. The zero-order valence-corrected chi connectivity index (χ0v) is 11.8. The van der Waals surface area contributed by atoms with Crippen LogP contribution in [0.25, 0.3) is 0 Å². The first kappa shape index (κ1) is 13.7. The van der Waals surface area contributed by atoms with Crippen LogP contribution in [0.15, 0.2) is 12.7 Å². The molecular weight excluding hydrogens is 254 g/mol. The molecule has 0 aromatic rings. The summed E-state index contributed by atoms with van der Waals surface area (Å²) in [7, 11) is 0. The number of hydrogen-bond acceptors (Lipinski definition) is 2. The molecule has 0 atom stereocenters. The molecule has 4 aliphatic rings. The molecule has 0 spiro atoms. The van der Waals surface area contributed by atoms with E-state index in [1.54, 1.807) is 6.08 Å². The summed E-state index contributed by atoms with van der Waals surface area (Å²) in [6, 6.07) is 0. The van der Waals surface area contributed by atoms with E-state index < -0.39 is 5.97 Å². The average molecular weight is 277 g/mol. The normalized spacial score (nSPS) is 37.7. The first-order valence-corrected chi connectivity index (χ1v) is 7.70. The standard InChI is InChI=1S/C16H23NO3/c1-2-3-17(9-14(18)19)16(20)15-12-5-10-4-11(7-12)8-13(15)6-10/h2,10-13,15H,1,3-9H2,(H,18,19). The second kappa shape index (κ2) is 5.23. The molecule has 4 fully saturated rings. The van der Waals surface area contributed by atoms with Crippen LogP contribution >= 0.6 is 0 Å². The minimum Gasteiger partial charge on any atom is -0.480 e. The fourth-order valence-electron chi connectivity index (χ4n) is 5.09. The van der Waals surface area contributed by atoms with Crippen LogP contribution in [0.4, 0.5) is 0 Å². The van der Waals surface area contributed by atoms with Gasteiger partial charge in [0.2, 0.25) is 5.91 Å². The Balaban J connectivity index is 1.75. The van der Waals surface area contributed by atoms with Crippen LogP contribution < -0.4 is 0 Å². The van der Waals surface area contributed by atoms with Crippen LogP contribution in [0.3, 0.4) is 0 Å². The fraction of sp³-hybridized carbons (Fsp3) is 0.750. The number of carboxylic acids is 1. The van der Waals surface area contributed by atoms with Gasteiger partial charge in [0, 0.05) is 12.5 Å². The van der Waals surface area contributed by atoms with E-state index in [-0.39, 0.29) is 18.4 Å². The van der Waals surface area contributed by atoms with E-state index in [1.807, 2.05) is 0 Å². The van der Waals surface area contributed by atoms with Gasteiger partial charge >= 0.3 is 5.97 Å². The van der Waals surface area contributed by atoms with Crippen LogP contribution in [-0.2, 0) is 9.59 Å². The highest BCUT2D eigenvalue weighted by Crippen LogP contribution is 2.56. The molecule has 20 heavy (non-hydrogen) atoms. The van der Waals surface area contributed by atoms with Gasteiger partial charge in [-0.25, -0.2) is 0 Å². The Bertz CT molecular complexity index is 403. The molecule has 0 heterocycles. The molecule has 110 valence electrons. The molecule has 4 bridgehead atoms. The van der Waals surface area contributed by atoms with E-state index in [9.17, 15) is 9.59 Å². The summed E-state index contributed by atoms with van der Waals surface area (Å²) < 4.78 is 0. The minimum atomic E-state index is -0.941. The van der Waals surface area contributed by atoms with Gasteiger partial charge in [-0.2, -0.15) is 0 Å². The Morgan fingerprint density at radius 3 is 2.10 bits per heavy atom. The number of nitrogens with zero attached hydrogens (tertiary/aromatic N) is 1. The van der Waals surface area contributed by atoms with Gasteiger partial charge < -0.3 is 10.0 Å². The van der Waals surface area contributed by atoms with Crippen molar-refractivity contribution in [1.29, 1.82) is 0 Å². The number of amides is 1. The molecule has 0 aromatic carbocycles. The molecule has 4 saturated carbocycles. The van der Waals surface area contributed by atoms with Crippen molar-refractivity contribution in [3.05, 3.63) is 12.7 Å². The number of carboxylic acid groups (broad SMARTS) is 1. The van der Waals surface area contributed by atoms with Gasteiger partial charge in [-0.3, -0.25) is 9.59 Å². The van der Waals surface area contributed by atoms with E-state index in [0.29, 0.717) is 18.4 Å². The highest BCUT2D eigenvalue weighted by Gasteiger charge is 2.51. The molecule has 1 N–H and O–H groups in total. The smallest absolute Gasteiger partial charge is 0.323 e. The number of hydrogen-bond donors (Lipinski definition) is 1. The maximum absolute atomic E-state index is 12.8. The van der Waals surface area contributed by atoms with Crippen molar-refractivity contribution in [1.82, 2.24) is 4.90 Å². The first-order chi connectivity index (χ1) is 9.58. The van der Waals surface area contributed by atoms with Gasteiger partial charge in [-0.05, 0) is 55.8 Å². The lowest BCUT2D eigenvalue weighted by Gasteiger charge is -2.54. The summed E-state index contributed by atoms with van der Waals surface area (Å²) in [4.78, 5) is 25.2. The Morgan fingerprint density at radius 1 is 1.10 bits per heavy atom. The van der Waals surface area contributed by atoms with Crippen LogP contribution in [0.1, 0.15) is 32.1 Å². The Labute approximate surface area is 119 Å². The molecule has 4 nitrogen and oxygen atoms in total. The van der Waals surface area contributed by atoms with Crippen molar-refractivity contribution in [2.45, 2.75) is 32.1 Å². The molecular formula is C16H23NO3. The van der Waals surface area contributed by atoms with Crippen molar-refractivity contribution in [3.8, 4) is 0 Å². The van der Waals surface area contributed by atoms with Crippen LogP contribution in [0, 0.1) is 29.6 Å². The summed E-state index contributed by atoms with van der Waals surface area (Å²) in [5.41, 5.74) is 0. The Kier molecular flexibility index (Phi) is 3.57. The third-order valence-corrected chi connectivity index (χ3v) is 5.50. The predicted octanol–water partition coefficient (Wildman–Crippen LogP) is 2.16. The van der Waals surface area contributed by atoms with Gasteiger partial charge in [0.25, 0.3) is 0 Å². The third-order valence-electron chi connectivity index (χ3n) is 5.50. The first-order valence-electron chi connectivity index (χ1n) is 7.70. The van der Waals surface area contributed by atoms with Crippen molar-refractivity contribution < 1.29 is 14.7 Å². The lowest BCUT2D eigenvalue weighted by Crippen LogP contribution is -2.52. The van der Waals surface area contributed by atoms with Crippen LogP contribution in [-0.4, -0.2) is 35.0 Å². The van der Waals surface area contributed by atoms with Gasteiger partial charge in [-0.15, -0.1) is 6.58 Å². The zero-order chi connectivity index (χ0) is 14.3. The van der Waals surface area contributed by atoms with Crippen molar-refractivity contribution in [2.24, 2.45) is 29.6 Å².